The zero-order chi connectivity index (χ0) is 20.0. The van der Waals surface area contributed by atoms with E-state index in [0.29, 0.717) is 12.1 Å². The predicted molar refractivity (Wildman–Crippen MR) is 117 cm³/mol. The number of para-hydroxylation sites is 1. The van der Waals surface area contributed by atoms with E-state index in [1.807, 2.05) is 58.3 Å². The van der Waals surface area contributed by atoms with Crippen LogP contribution in [0.25, 0.3) is 10.9 Å². The molecule has 2 aromatic carbocycles. The summed E-state index contributed by atoms with van der Waals surface area (Å²) in [5.74, 6) is -0.441. The molecule has 1 atom stereocenters. The number of aromatic nitrogens is 1. The number of nitrogens with zero attached hydrogens (tertiary/aromatic N) is 1. The fourth-order valence-electron chi connectivity index (χ4n) is 3.66. The van der Waals surface area contributed by atoms with E-state index in [2.05, 4.69) is 4.98 Å². The lowest BCUT2D eigenvalue weighted by atomic mass is 10.1. The fraction of sp³-hybridized carbons (Fsp3) is 0.0909. The van der Waals surface area contributed by atoms with Crippen LogP contribution < -0.4 is 10.6 Å². The van der Waals surface area contributed by atoms with Crippen LogP contribution >= 0.6 is 23.1 Å². The number of nitrogens with one attached hydrogen (secondary N) is 1. The van der Waals surface area contributed by atoms with Crippen LogP contribution in [0.5, 0.6) is 0 Å². The third kappa shape index (κ3) is 3.12. The molecule has 5 rings (SSSR count). The van der Waals surface area contributed by atoms with Crippen LogP contribution in [0, 0.1) is 0 Å². The third-order valence-corrected chi connectivity index (χ3v) is 7.10. The van der Waals surface area contributed by atoms with Gasteiger partial charge in [-0.1, -0.05) is 18.2 Å². The molecule has 0 spiro atoms. The predicted octanol–water partition coefficient (Wildman–Crippen LogP) is 4.71. The number of thioether (sulfide) groups is 1. The Morgan fingerprint density at radius 2 is 2.03 bits per heavy atom. The van der Waals surface area contributed by atoms with Crippen LogP contribution in [0.2, 0.25) is 0 Å². The van der Waals surface area contributed by atoms with Gasteiger partial charge in [-0.25, -0.2) is 0 Å². The highest BCUT2D eigenvalue weighted by Gasteiger charge is 2.36. The molecule has 2 amide bonds. The molecule has 0 aliphatic carbocycles. The number of thiophene rings is 1. The number of nitrogens with two attached hydrogens (primary N) is 1. The Bertz CT molecular complexity index is 1230. The van der Waals surface area contributed by atoms with Gasteiger partial charge >= 0.3 is 0 Å². The zero-order valence-electron chi connectivity index (χ0n) is 15.3. The first-order valence-electron chi connectivity index (χ1n) is 9.11. The van der Waals surface area contributed by atoms with Gasteiger partial charge in [0.15, 0.2) is 0 Å². The van der Waals surface area contributed by atoms with E-state index in [4.69, 9.17) is 5.73 Å². The maximum atomic E-state index is 13.6. The molecule has 2 aromatic heterocycles. The molecule has 3 N–H and O–H groups in total. The van der Waals surface area contributed by atoms with Crippen LogP contribution in [-0.4, -0.2) is 16.8 Å². The number of hydrogen-bond donors (Lipinski definition) is 2. The maximum absolute atomic E-state index is 13.6. The van der Waals surface area contributed by atoms with E-state index in [9.17, 15) is 9.59 Å². The average Bonchev–Trinajstić information content (AvgIpc) is 3.39. The normalized spacial score (nSPS) is 16.2. The first kappa shape index (κ1) is 18.0. The number of amides is 2. The van der Waals surface area contributed by atoms with Gasteiger partial charge in [0.2, 0.25) is 11.8 Å². The van der Waals surface area contributed by atoms with Crippen molar-refractivity contribution in [3.05, 3.63) is 82.2 Å². The van der Waals surface area contributed by atoms with Gasteiger partial charge < -0.3 is 15.6 Å². The summed E-state index contributed by atoms with van der Waals surface area (Å²) in [5, 5.41) is 4.68. The van der Waals surface area contributed by atoms with E-state index in [0.717, 1.165) is 32.6 Å². The second-order valence-corrected chi connectivity index (χ2v) is 8.82. The Hall–Kier alpha value is -3.03. The lowest BCUT2D eigenvalue weighted by Crippen LogP contribution is -2.36. The minimum atomic E-state index is -0.474. The van der Waals surface area contributed by atoms with E-state index in [1.54, 1.807) is 23.5 Å². The molecule has 0 bridgehead atoms. The van der Waals surface area contributed by atoms with Crippen LogP contribution in [0.1, 0.15) is 26.7 Å². The fourth-order valence-corrected chi connectivity index (χ4v) is 5.62. The van der Waals surface area contributed by atoms with Gasteiger partial charge in [0.05, 0.1) is 12.2 Å². The Labute approximate surface area is 175 Å². The number of primary amides is 1. The first-order valence-corrected chi connectivity index (χ1v) is 10.9. The highest BCUT2D eigenvalue weighted by Crippen LogP contribution is 2.48. The van der Waals surface area contributed by atoms with Crippen LogP contribution in [0.3, 0.4) is 0 Å². The van der Waals surface area contributed by atoms with Gasteiger partial charge in [0.1, 0.15) is 5.25 Å². The van der Waals surface area contributed by atoms with Crippen LogP contribution in [0.15, 0.2) is 70.4 Å². The number of aromatic amines is 1. The molecule has 4 aromatic rings. The maximum Gasteiger partial charge on any atom is 0.248 e. The second kappa shape index (κ2) is 7.09. The third-order valence-electron chi connectivity index (χ3n) is 5.09. The Morgan fingerprint density at radius 3 is 2.83 bits per heavy atom. The van der Waals surface area contributed by atoms with Crippen molar-refractivity contribution in [2.24, 2.45) is 5.73 Å². The second-order valence-electron chi connectivity index (χ2n) is 6.89. The van der Waals surface area contributed by atoms with E-state index in [1.165, 1.54) is 11.8 Å². The summed E-state index contributed by atoms with van der Waals surface area (Å²) in [4.78, 5) is 31.2. The molecule has 7 heteroatoms. The minimum absolute atomic E-state index is 0.0327. The van der Waals surface area contributed by atoms with Crippen LogP contribution in [-0.2, 0) is 11.3 Å². The van der Waals surface area contributed by atoms with Crippen molar-refractivity contribution in [1.82, 2.24) is 4.98 Å². The first-order chi connectivity index (χ1) is 14.1. The Balaban J connectivity index is 1.63. The van der Waals surface area contributed by atoms with Gasteiger partial charge in [0.25, 0.3) is 0 Å². The quantitative estimate of drug-likeness (QED) is 0.503. The number of benzene rings is 2. The summed E-state index contributed by atoms with van der Waals surface area (Å²) in [6, 6.07) is 15.3. The largest absolute Gasteiger partial charge is 0.366 e. The molecule has 29 heavy (non-hydrogen) atoms. The molecule has 0 fully saturated rings. The average molecular weight is 420 g/mol. The number of anilines is 1. The summed E-state index contributed by atoms with van der Waals surface area (Å²) in [6.07, 6.45) is 1.91. The van der Waals surface area contributed by atoms with Crippen molar-refractivity contribution in [1.29, 1.82) is 0 Å². The molecule has 0 saturated heterocycles. The van der Waals surface area contributed by atoms with Crippen molar-refractivity contribution in [2.45, 2.75) is 16.7 Å². The molecule has 3 heterocycles. The summed E-state index contributed by atoms with van der Waals surface area (Å²) >= 11 is 3.08. The highest BCUT2D eigenvalue weighted by molar-refractivity contribution is 8.00. The van der Waals surface area contributed by atoms with Crippen molar-refractivity contribution in [2.75, 3.05) is 4.90 Å². The highest BCUT2D eigenvalue weighted by atomic mass is 32.2. The zero-order valence-corrected chi connectivity index (χ0v) is 16.9. The Kier molecular flexibility index (Phi) is 4.41. The number of hydrogen-bond acceptors (Lipinski definition) is 4. The van der Waals surface area contributed by atoms with E-state index < -0.39 is 11.2 Å². The molecule has 144 valence electrons. The van der Waals surface area contributed by atoms with Gasteiger partial charge in [-0.15, -0.1) is 11.8 Å². The number of H-pyrrole nitrogens is 1. The number of carbonyl (C=O) groups excluding carboxylic acids is 2. The van der Waals surface area contributed by atoms with Gasteiger partial charge in [-0.3, -0.25) is 9.59 Å². The molecular weight excluding hydrogens is 402 g/mol. The van der Waals surface area contributed by atoms with Crippen molar-refractivity contribution in [3.63, 3.8) is 0 Å². The molecule has 0 radical (unpaired) electrons. The van der Waals surface area contributed by atoms with Crippen molar-refractivity contribution < 1.29 is 9.59 Å². The number of carbonyl (C=O) groups is 2. The molecule has 5 nitrogen and oxygen atoms in total. The minimum Gasteiger partial charge on any atom is -0.366 e. The molecule has 1 aliphatic rings. The Morgan fingerprint density at radius 1 is 1.17 bits per heavy atom. The molecule has 1 unspecified atom stereocenters. The standard InChI is InChI=1S/C22H17N3O2S2/c23-21(26)14-5-6-18-19(9-14)29-20(16-10-24-17-4-2-1-3-15(16)17)22(27)25(18)11-13-7-8-28-12-13/h1-10,12,20,24H,11H2,(H2,23,26). The van der Waals surface area contributed by atoms with E-state index >= 15 is 0 Å². The summed E-state index contributed by atoms with van der Waals surface area (Å²) in [6.45, 7) is 0.491. The lowest BCUT2D eigenvalue weighted by Gasteiger charge is -2.34. The topological polar surface area (TPSA) is 79.2 Å². The monoisotopic (exact) mass is 419 g/mol. The van der Waals surface area contributed by atoms with E-state index in [-0.39, 0.29) is 5.91 Å². The summed E-state index contributed by atoms with van der Waals surface area (Å²) in [7, 11) is 0. The number of rotatable bonds is 4. The molecule has 0 saturated carbocycles. The smallest absolute Gasteiger partial charge is 0.248 e. The number of fused-ring (bicyclic) bond motifs is 2. The SMILES string of the molecule is NC(=O)c1ccc2c(c1)SC(c1c[nH]c3ccccc13)C(=O)N2Cc1ccsc1. The summed E-state index contributed by atoms with van der Waals surface area (Å²) in [5.41, 5.74) is 9.77. The van der Waals surface area contributed by atoms with Gasteiger partial charge in [0, 0.05) is 33.1 Å². The van der Waals surface area contributed by atoms with Gasteiger partial charge in [-0.05, 0) is 46.7 Å². The van der Waals surface area contributed by atoms with Crippen molar-refractivity contribution >= 4 is 51.5 Å². The van der Waals surface area contributed by atoms with Crippen molar-refractivity contribution in [3.8, 4) is 0 Å². The lowest BCUT2D eigenvalue weighted by molar-refractivity contribution is -0.118. The van der Waals surface area contributed by atoms with Crippen LogP contribution in [0.4, 0.5) is 5.69 Å². The van der Waals surface area contributed by atoms with Gasteiger partial charge in [-0.2, -0.15) is 11.3 Å². The summed E-state index contributed by atoms with van der Waals surface area (Å²) < 4.78 is 0. The molecular formula is C22H17N3O2S2. The molecule has 1 aliphatic heterocycles.